The molecule has 2 aromatic carbocycles. The molecule has 0 saturated carbocycles. The maximum absolute atomic E-state index is 13.5. The summed E-state index contributed by atoms with van der Waals surface area (Å²) < 4.78 is 19.1. The topological polar surface area (TPSA) is 50.5 Å². The quantitative estimate of drug-likeness (QED) is 0.676. The number of hydrogen-bond donors (Lipinski definition) is 0. The molecule has 1 aliphatic rings. The average molecular weight is 344 g/mol. The summed E-state index contributed by atoms with van der Waals surface area (Å²) >= 11 is 6.04. The van der Waals surface area contributed by atoms with Crippen molar-refractivity contribution in [1.82, 2.24) is 4.90 Å². The molecule has 1 aliphatic heterocycles. The first-order valence-corrected chi connectivity index (χ1v) is 7.64. The van der Waals surface area contributed by atoms with Gasteiger partial charge in [-0.05, 0) is 35.9 Å². The molecule has 1 atom stereocenters. The fraction of sp³-hybridized carbons (Fsp3) is 0.111. The predicted molar refractivity (Wildman–Crippen MR) is 87.8 cm³/mol. The van der Waals surface area contributed by atoms with Crippen LogP contribution in [0.3, 0.4) is 0 Å². The molecule has 1 amide bonds. The number of rotatable bonds is 1. The predicted octanol–water partition coefficient (Wildman–Crippen LogP) is 3.76. The minimum atomic E-state index is -0.616. The van der Waals surface area contributed by atoms with Gasteiger partial charge in [0, 0.05) is 12.1 Å². The van der Waals surface area contributed by atoms with Gasteiger partial charge in [0.25, 0.3) is 5.91 Å². The van der Waals surface area contributed by atoms with Crippen molar-refractivity contribution in [2.24, 2.45) is 0 Å². The van der Waals surface area contributed by atoms with E-state index in [-0.39, 0.29) is 22.3 Å². The van der Waals surface area contributed by atoms with Gasteiger partial charge in [0.15, 0.2) is 5.43 Å². The van der Waals surface area contributed by atoms with E-state index >= 15 is 0 Å². The second-order valence-electron chi connectivity index (χ2n) is 5.69. The molecule has 3 aromatic rings. The Morgan fingerprint density at radius 2 is 1.96 bits per heavy atom. The monoisotopic (exact) mass is 343 g/mol. The summed E-state index contributed by atoms with van der Waals surface area (Å²) in [4.78, 5) is 26.8. The Bertz CT molecular complexity index is 1060. The van der Waals surface area contributed by atoms with Gasteiger partial charge in [-0.1, -0.05) is 23.7 Å². The number of halogens is 2. The van der Waals surface area contributed by atoms with Gasteiger partial charge in [-0.25, -0.2) is 4.39 Å². The number of nitrogens with zero attached hydrogens (tertiary/aromatic N) is 1. The smallest absolute Gasteiger partial charge is 0.290 e. The highest BCUT2D eigenvalue weighted by Crippen LogP contribution is 2.37. The summed E-state index contributed by atoms with van der Waals surface area (Å²) in [5, 5.41) is 0.613. The van der Waals surface area contributed by atoms with E-state index < -0.39 is 23.2 Å². The molecule has 0 saturated heterocycles. The highest BCUT2D eigenvalue weighted by atomic mass is 35.5. The second kappa shape index (κ2) is 5.18. The van der Waals surface area contributed by atoms with Crippen LogP contribution in [0.4, 0.5) is 4.39 Å². The van der Waals surface area contributed by atoms with Gasteiger partial charge in [0.05, 0.1) is 17.0 Å². The van der Waals surface area contributed by atoms with E-state index in [1.165, 1.54) is 17.0 Å². The average Bonchev–Trinajstić information content (AvgIpc) is 2.81. The lowest BCUT2D eigenvalue weighted by Crippen LogP contribution is -2.25. The van der Waals surface area contributed by atoms with Crippen molar-refractivity contribution in [3.63, 3.8) is 0 Å². The van der Waals surface area contributed by atoms with Crippen LogP contribution in [0.2, 0.25) is 5.02 Å². The fourth-order valence-electron chi connectivity index (χ4n) is 3.13. The summed E-state index contributed by atoms with van der Waals surface area (Å²) in [7, 11) is 1.59. The zero-order valence-corrected chi connectivity index (χ0v) is 13.3. The zero-order valence-electron chi connectivity index (χ0n) is 12.5. The molecule has 0 spiro atoms. The van der Waals surface area contributed by atoms with Gasteiger partial charge in [0.1, 0.15) is 11.4 Å². The van der Waals surface area contributed by atoms with E-state index in [1.807, 2.05) is 0 Å². The van der Waals surface area contributed by atoms with Crippen LogP contribution in [-0.2, 0) is 0 Å². The Kier molecular flexibility index (Phi) is 3.21. The van der Waals surface area contributed by atoms with Crippen LogP contribution in [-0.4, -0.2) is 17.9 Å². The lowest BCUT2D eigenvalue weighted by atomic mass is 9.99. The Morgan fingerprint density at radius 1 is 1.17 bits per heavy atom. The summed E-state index contributed by atoms with van der Waals surface area (Å²) in [5.74, 6) is -0.934. The summed E-state index contributed by atoms with van der Waals surface area (Å²) in [6.45, 7) is 0. The minimum Gasteiger partial charge on any atom is -0.450 e. The summed E-state index contributed by atoms with van der Waals surface area (Å²) in [6, 6.07) is 9.98. The number of amides is 1. The van der Waals surface area contributed by atoms with Gasteiger partial charge in [0.2, 0.25) is 5.76 Å². The first kappa shape index (κ1) is 14.9. The van der Waals surface area contributed by atoms with Crippen LogP contribution in [0.15, 0.2) is 51.7 Å². The van der Waals surface area contributed by atoms with Crippen LogP contribution in [0.25, 0.3) is 11.0 Å². The Labute approximate surface area is 141 Å². The van der Waals surface area contributed by atoms with Crippen molar-refractivity contribution in [1.29, 1.82) is 0 Å². The van der Waals surface area contributed by atoms with E-state index in [0.29, 0.717) is 10.6 Å². The van der Waals surface area contributed by atoms with Crippen LogP contribution in [0.5, 0.6) is 0 Å². The number of carbonyl (C=O) groups excluding carboxylic acids is 1. The third-order valence-corrected chi connectivity index (χ3v) is 4.46. The maximum atomic E-state index is 13.5. The maximum Gasteiger partial charge on any atom is 0.290 e. The van der Waals surface area contributed by atoms with E-state index in [1.54, 1.807) is 31.3 Å². The molecule has 0 N–H and O–H groups in total. The molecule has 0 unspecified atom stereocenters. The van der Waals surface area contributed by atoms with Crippen molar-refractivity contribution >= 4 is 28.5 Å². The second-order valence-corrected chi connectivity index (χ2v) is 6.12. The largest absolute Gasteiger partial charge is 0.450 e. The van der Waals surface area contributed by atoms with Crippen molar-refractivity contribution in [3.8, 4) is 0 Å². The van der Waals surface area contributed by atoms with Gasteiger partial charge in [-0.3, -0.25) is 9.59 Å². The van der Waals surface area contributed by atoms with Gasteiger partial charge >= 0.3 is 0 Å². The highest BCUT2D eigenvalue weighted by molar-refractivity contribution is 6.30. The molecule has 0 radical (unpaired) electrons. The van der Waals surface area contributed by atoms with E-state index in [2.05, 4.69) is 0 Å². The molecule has 4 rings (SSSR count). The van der Waals surface area contributed by atoms with Crippen LogP contribution >= 0.6 is 11.6 Å². The molecule has 24 heavy (non-hydrogen) atoms. The third-order valence-electron chi connectivity index (χ3n) is 4.23. The molecule has 0 aliphatic carbocycles. The first-order valence-electron chi connectivity index (χ1n) is 7.26. The van der Waals surface area contributed by atoms with Crippen molar-refractivity contribution in [3.05, 3.63) is 80.4 Å². The van der Waals surface area contributed by atoms with E-state index in [4.69, 9.17) is 16.0 Å². The number of fused-ring (bicyclic) bond motifs is 2. The summed E-state index contributed by atoms with van der Waals surface area (Å²) in [6.07, 6.45) is 0. The molecular formula is C18H11ClFNO3. The van der Waals surface area contributed by atoms with Crippen molar-refractivity contribution < 1.29 is 13.6 Å². The summed E-state index contributed by atoms with van der Waals surface area (Å²) in [5.41, 5.74) is 0.685. The van der Waals surface area contributed by atoms with E-state index in [0.717, 1.165) is 6.07 Å². The van der Waals surface area contributed by atoms with Gasteiger partial charge in [-0.15, -0.1) is 0 Å². The van der Waals surface area contributed by atoms with E-state index in [9.17, 15) is 14.0 Å². The Balaban J connectivity index is 2.05. The molecule has 6 heteroatoms. The Hall–Kier alpha value is -2.66. The highest BCUT2D eigenvalue weighted by Gasteiger charge is 2.40. The van der Waals surface area contributed by atoms with Crippen LogP contribution < -0.4 is 5.43 Å². The minimum absolute atomic E-state index is 0.00779. The number of hydrogen-bond acceptors (Lipinski definition) is 3. The van der Waals surface area contributed by atoms with Crippen LogP contribution in [0, 0.1) is 5.82 Å². The number of benzene rings is 2. The molecule has 0 bridgehead atoms. The lowest BCUT2D eigenvalue weighted by Gasteiger charge is -2.20. The molecule has 0 fully saturated rings. The first-order chi connectivity index (χ1) is 11.5. The molecule has 1 aromatic heterocycles. The number of carbonyl (C=O) groups is 1. The molecule has 120 valence electrons. The normalized spacial score (nSPS) is 16.7. The van der Waals surface area contributed by atoms with Gasteiger partial charge < -0.3 is 9.32 Å². The van der Waals surface area contributed by atoms with Gasteiger partial charge in [-0.2, -0.15) is 0 Å². The Morgan fingerprint density at radius 3 is 2.71 bits per heavy atom. The molecule has 4 nitrogen and oxygen atoms in total. The molecule has 2 heterocycles. The zero-order chi connectivity index (χ0) is 17.0. The SMILES string of the molecule is CN1C(=O)c2oc3ccc(F)cc3c(=O)c2[C@H]1c1cccc(Cl)c1. The lowest BCUT2D eigenvalue weighted by molar-refractivity contribution is 0.0771. The standard InChI is InChI=1S/C18H11ClFNO3/c1-21-15(9-3-2-4-10(19)7-9)14-16(22)12-8-11(20)5-6-13(12)24-17(14)18(21)23/h2-8,15H,1H3/t15-/m1/s1. The third kappa shape index (κ3) is 2.05. The molecular weight excluding hydrogens is 333 g/mol. The fourth-order valence-corrected chi connectivity index (χ4v) is 3.33. The van der Waals surface area contributed by atoms with Crippen molar-refractivity contribution in [2.75, 3.05) is 7.05 Å². The van der Waals surface area contributed by atoms with Crippen LogP contribution in [0.1, 0.15) is 27.7 Å². The van der Waals surface area contributed by atoms with Crippen molar-refractivity contribution in [2.45, 2.75) is 6.04 Å².